The van der Waals surface area contributed by atoms with Gasteiger partial charge in [0.1, 0.15) is 5.70 Å². The summed E-state index contributed by atoms with van der Waals surface area (Å²) < 4.78 is 0. The van der Waals surface area contributed by atoms with Gasteiger partial charge in [-0.25, -0.2) is 5.43 Å². The molecule has 0 spiro atoms. The number of hydrogen-bond acceptors (Lipinski definition) is 4. The molecule has 0 aliphatic carbocycles. The molecule has 0 bridgehead atoms. The number of allylic oxidation sites excluding steroid dienone is 1. The maximum absolute atomic E-state index is 12.8. The first-order valence-corrected chi connectivity index (χ1v) is 10.4. The van der Waals surface area contributed by atoms with Gasteiger partial charge in [0.2, 0.25) is 0 Å². The van der Waals surface area contributed by atoms with Crippen molar-refractivity contribution in [2.45, 2.75) is 0 Å². The Bertz CT molecular complexity index is 1150. The number of hydrazone groups is 1. The van der Waals surface area contributed by atoms with E-state index in [-0.39, 0.29) is 11.6 Å². The Labute approximate surface area is 193 Å². The second kappa shape index (κ2) is 11.8. The standard InChI is InChI=1S/C27H26N4O2/c1-31(2)24-17-15-22(16-18-24)20-25(29-26(32)23-13-7-4-8-14-23)27(33)30-28-19-9-12-21-10-5-3-6-11-21/h3-20H,1-2H3,(H,29,32)(H,30,33)/b12-9+,25-20-,28-19-. The summed E-state index contributed by atoms with van der Waals surface area (Å²) in [6.45, 7) is 0. The molecule has 6 heteroatoms. The van der Waals surface area contributed by atoms with E-state index in [1.165, 1.54) is 6.21 Å². The minimum Gasteiger partial charge on any atom is -0.378 e. The summed E-state index contributed by atoms with van der Waals surface area (Å²) in [6, 6.07) is 26.1. The number of amides is 2. The minimum atomic E-state index is -0.527. The highest BCUT2D eigenvalue weighted by atomic mass is 16.2. The quantitative estimate of drug-likeness (QED) is 0.312. The van der Waals surface area contributed by atoms with Gasteiger partial charge in [-0.3, -0.25) is 9.59 Å². The molecular weight excluding hydrogens is 412 g/mol. The average molecular weight is 439 g/mol. The Morgan fingerprint density at radius 3 is 2.09 bits per heavy atom. The first kappa shape index (κ1) is 23.2. The maximum atomic E-state index is 12.8. The topological polar surface area (TPSA) is 73.8 Å². The second-order valence-electron chi connectivity index (χ2n) is 7.35. The van der Waals surface area contributed by atoms with Crippen LogP contribution >= 0.6 is 0 Å². The van der Waals surface area contributed by atoms with E-state index < -0.39 is 5.91 Å². The molecule has 0 aliphatic heterocycles. The Hall–Kier alpha value is -4.45. The Morgan fingerprint density at radius 2 is 1.45 bits per heavy atom. The van der Waals surface area contributed by atoms with Gasteiger partial charge >= 0.3 is 0 Å². The van der Waals surface area contributed by atoms with E-state index in [0.717, 1.165) is 16.8 Å². The average Bonchev–Trinajstić information content (AvgIpc) is 2.84. The molecule has 6 nitrogen and oxygen atoms in total. The Morgan fingerprint density at radius 1 is 0.818 bits per heavy atom. The molecule has 3 aromatic rings. The largest absolute Gasteiger partial charge is 0.378 e. The summed E-state index contributed by atoms with van der Waals surface area (Å²) >= 11 is 0. The molecule has 3 rings (SSSR count). The van der Waals surface area contributed by atoms with Crippen LogP contribution in [0.15, 0.2) is 102 Å². The summed E-state index contributed by atoms with van der Waals surface area (Å²) in [5.41, 5.74) is 5.82. The predicted octanol–water partition coefficient (Wildman–Crippen LogP) is 4.34. The smallest absolute Gasteiger partial charge is 0.287 e. The number of nitrogens with one attached hydrogen (secondary N) is 2. The van der Waals surface area contributed by atoms with E-state index in [0.29, 0.717) is 5.56 Å². The molecule has 2 N–H and O–H groups in total. The lowest BCUT2D eigenvalue weighted by Gasteiger charge is -2.12. The molecular formula is C27H26N4O2. The fourth-order valence-corrected chi connectivity index (χ4v) is 2.90. The van der Waals surface area contributed by atoms with Crippen molar-refractivity contribution in [1.82, 2.24) is 10.7 Å². The van der Waals surface area contributed by atoms with Crippen LogP contribution in [0.2, 0.25) is 0 Å². The van der Waals surface area contributed by atoms with Crippen molar-refractivity contribution in [2.24, 2.45) is 5.10 Å². The lowest BCUT2D eigenvalue weighted by atomic mass is 10.1. The minimum absolute atomic E-state index is 0.0886. The van der Waals surface area contributed by atoms with Crippen LogP contribution in [0.1, 0.15) is 21.5 Å². The zero-order valence-corrected chi connectivity index (χ0v) is 18.6. The molecule has 33 heavy (non-hydrogen) atoms. The van der Waals surface area contributed by atoms with E-state index in [2.05, 4.69) is 15.8 Å². The molecule has 0 fully saturated rings. The summed E-state index contributed by atoms with van der Waals surface area (Å²) in [5, 5.41) is 6.65. The molecule has 166 valence electrons. The number of carbonyl (C=O) groups is 2. The highest BCUT2D eigenvalue weighted by molar-refractivity contribution is 6.05. The fraction of sp³-hybridized carbons (Fsp3) is 0.0741. The maximum Gasteiger partial charge on any atom is 0.287 e. The van der Waals surface area contributed by atoms with Crippen molar-refractivity contribution in [1.29, 1.82) is 0 Å². The van der Waals surface area contributed by atoms with Crippen LogP contribution in [-0.4, -0.2) is 32.1 Å². The van der Waals surface area contributed by atoms with E-state index in [1.54, 1.807) is 36.4 Å². The van der Waals surface area contributed by atoms with Crippen molar-refractivity contribution >= 4 is 35.9 Å². The summed E-state index contributed by atoms with van der Waals surface area (Å²) in [7, 11) is 3.90. The molecule has 0 unspecified atom stereocenters. The van der Waals surface area contributed by atoms with Gasteiger partial charge in [-0.15, -0.1) is 0 Å². The van der Waals surface area contributed by atoms with Crippen LogP contribution in [0.5, 0.6) is 0 Å². The second-order valence-corrected chi connectivity index (χ2v) is 7.35. The third-order valence-corrected chi connectivity index (χ3v) is 4.66. The van der Waals surface area contributed by atoms with Crippen LogP contribution in [-0.2, 0) is 4.79 Å². The third kappa shape index (κ3) is 7.33. The van der Waals surface area contributed by atoms with Crippen molar-refractivity contribution in [3.8, 4) is 0 Å². The van der Waals surface area contributed by atoms with Crippen LogP contribution in [0.25, 0.3) is 12.2 Å². The number of carbonyl (C=O) groups excluding carboxylic acids is 2. The molecule has 3 aromatic carbocycles. The Balaban J connectivity index is 1.75. The van der Waals surface area contributed by atoms with Gasteiger partial charge in [-0.05, 0) is 47.5 Å². The number of benzene rings is 3. The molecule has 0 aromatic heterocycles. The van der Waals surface area contributed by atoms with Crippen LogP contribution in [0, 0.1) is 0 Å². The van der Waals surface area contributed by atoms with E-state index in [9.17, 15) is 9.59 Å². The van der Waals surface area contributed by atoms with Gasteiger partial charge in [-0.1, -0.05) is 66.7 Å². The summed E-state index contributed by atoms with van der Waals surface area (Å²) in [4.78, 5) is 27.4. The third-order valence-electron chi connectivity index (χ3n) is 4.66. The monoisotopic (exact) mass is 438 g/mol. The molecule has 0 saturated carbocycles. The molecule has 2 amide bonds. The van der Waals surface area contributed by atoms with E-state index >= 15 is 0 Å². The molecule has 0 heterocycles. The van der Waals surface area contributed by atoms with E-state index in [4.69, 9.17) is 0 Å². The number of hydrogen-bond donors (Lipinski definition) is 2. The lowest BCUT2D eigenvalue weighted by molar-refractivity contribution is -0.117. The van der Waals surface area contributed by atoms with Gasteiger partial charge in [0.05, 0.1) is 0 Å². The van der Waals surface area contributed by atoms with Crippen LogP contribution in [0.4, 0.5) is 5.69 Å². The van der Waals surface area contributed by atoms with Gasteiger partial charge in [0, 0.05) is 31.6 Å². The molecule has 0 radical (unpaired) electrons. The first-order valence-electron chi connectivity index (χ1n) is 10.4. The van der Waals surface area contributed by atoms with Gasteiger partial charge in [0.15, 0.2) is 0 Å². The zero-order valence-electron chi connectivity index (χ0n) is 18.6. The normalized spacial score (nSPS) is 11.5. The highest BCUT2D eigenvalue weighted by Gasteiger charge is 2.14. The number of anilines is 1. The number of nitrogens with zero attached hydrogens (tertiary/aromatic N) is 2. The predicted molar refractivity (Wildman–Crippen MR) is 135 cm³/mol. The van der Waals surface area contributed by atoms with Gasteiger partial charge < -0.3 is 10.2 Å². The summed E-state index contributed by atoms with van der Waals surface area (Å²) in [6.07, 6.45) is 6.69. The molecule has 0 saturated heterocycles. The van der Waals surface area contributed by atoms with E-state index in [1.807, 2.05) is 85.7 Å². The zero-order chi connectivity index (χ0) is 23.5. The first-order chi connectivity index (χ1) is 16.0. The van der Waals surface area contributed by atoms with Crippen molar-refractivity contribution < 1.29 is 9.59 Å². The summed E-state index contributed by atoms with van der Waals surface area (Å²) in [5.74, 6) is -0.907. The van der Waals surface area contributed by atoms with Crippen LogP contribution < -0.4 is 15.6 Å². The van der Waals surface area contributed by atoms with Gasteiger partial charge in [-0.2, -0.15) is 5.10 Å². The molecule has 0 aliphatic rings. The van der Waals surface area contributed by atoms with Crippen molar-refractivity contribution in [3.63, 3.8) is 0 Å². The van der Waals surface area contributed by atoms with Crippen molar-refractivity contribution in [2.75, 3.05) is 19.0 Å². The van der Waals surface area contributed by atoms with Crippen molar-refractivity contribution in [3.05, 3.63) is 113 Å². The number of rotatable bonds is 8. The van der Waals surface area contributed by atoms with Gasteiger partial charge in [0.25, 0.3) is 11.8 Å². The Kier molecular flexibility index (Phi) is 8.31. The molecule has 0 atom stereocenters. The van der Waals surface area contributed by atoms with Crippen LogP contribution in [0.3, 0.4) is 0 Å². The lowest BCUT2D eigenvalue weighted by Crippen LogP contribution is -2.32. The highest BCUT2D eigenvalue weighted by Crippen LogP contribution is 2.14. The fourth-order valence-electron chi connectivity index (χ4n) is 2.90. The SMILES string of the molecule is CN(C)c1ccc(/C=C(\NC(=O)c2ccccc2)C(=O)N/N=C\C=C\c2ccccc2)cc1.